The van der Waals surface area contributed by atoms with Gasteiger partial charge in [0.15, 0.2) is 0 Å². The predicted molar refractivity (Wildman–Crippen MR) is 78.2 cm³/mol. The van der Waals surface area contributed by atoms with Crippen molar-refractivity contribution >= 4 is 17.5 Å². The molecular weight excluding hydrogens is 271 g/mol. The lowest BCUT2D eigenvalue weighted by molar-refractivity contribution is 0.102. The van der Waals surface area contributed by atoms with Crippen molar-refractivity contribution in [1.29, 1.82) is 0 Å². The number of amides is 1. The number of halogens is 1. The van der Waals surface area contributed by atoms with E-state index in [1.54, 1.807) is 18.2 Å². The first-order valence-electron chi connectivity index (χ1n) is 6.57. The van der Waals surface area contributed by atoms with Crippen molar-refractivity contribution in [3.8, 4) is 0 Å². The molecule has 1 N–H and O–H groups in total. The zero-order valence-corrected chi connectivity index (χ0v) is 11.2. The molecule has 1 heterocycles. The van der Waals surface area contributed by atoms with E-state index >= 15 is 0 Å². The van der Waals surface area contributed by atoms with E-state index in [-0.39, 0.29) is 11.5 Å². The monoisotopic (exact) mass is 284 g/mol. The first-order valence-corrected chi connectivity index (χ1v) is 6.57. The maximum Gasteiger partial charge on any atom is 0.255 e. The number of hydrogen-bond acceptors (Lipinski definition) is 3. The van der Waals surface area contributed by atoms with Gasteiger partial charge in [-0.25, -0.2) is 9.38 Å². The van der Waals surface area contributed by atoms with E-state index in [0.717, 1.165) is 5.56 Å². The molecule has 1 amide bonds. The summed E-state index contributed by atoms with van der Waals surface area (Å²) in [6.45, 7) is 1.28. The van der Waals surface area contributed by atoms with Crippen molar-refractivity contribution in [1.82, 2.24) is 0 Å². The zero-order valence-electron chi connectivity index (χ0n) is 11.2. The summed E-state index contributed by atoms with van der Waals surface area (Å²) in [7, 11) is 0. The van der Waals surface area contributed by atoms with Crippen molar-refractivity contribution in [3.63, 3.8) is 0 Å². The highest BCUT2D eigenvalue weighted by atomic mass is 19.1. The van der Waals surface area contributed by atoms with Gasteiger partial charge < -0.3 is 10.1 Å². The molecule has 5 heteroatoms. The Morgan fingerprint density at radius 3 is 2.67 bits per heavy atom. The fourth-order valence-corrected chi connectivity index (χ4v) is 2.04. The van der Waals surface area contributed by atoms with E-state index in [1.807, 2.05) is 12.1 Å². The third-order valence-electron chi connectivity index (χ3n) is 3.06. The van der Waals surface area contributed by atoms with Crippen molar-refractivity contribution < 1.29 is 13.9 Å². The second kappa shape index (κ2) is 5.75. The summed E-state index contributed by atoms with van der Waals surface area (Å²) in [5.74, 6) is -0.163. The van der Waals surface area contributed by atoms with E-state index in [2.05, 4.69) is 10.3 Å². The number of hydrogen-bond donors (Lipinski definition) is 1. The van der Waals surface area contributed by atoms with Gasteiger partial charge in [0.05, 0.1) is 6.54 Å². The van der Waals surface area contributed by atoms with Gasteiger partial charge in [0.25, 0.3) is 5.91 Å². The first-order chi connectivity index (χ1) is 10.2. The summed E-state index contributed by atoms with van der Waals surface area (Å²) in [6, 6.07) is 12.7. The molecule has 0 radical (unpaired) electrons. The molecule has 1 aliphatic rings. The van der Waals surface area contributed by atoms with Crippen LogP contribution in [0.25, 0.3) is 0 Å². The molecule has 0 saturated heterocycles. The zero-order chi connectivity index (χ0) is 14.7. The smallest absolute Gasteiger partial charge is 0.255 e. The van der Waals surface area contributed by atoms with Crippen LogP contribution in [-0.4, -0.2) is 25.0 Å². The van der Waals surface area contributed by atoms with Crippen LogP contribution >= 0.6 is 0 Å². The lowest BCUT2D eigenvalue weighted by Crippen LogP contribution is -2.12. The Morgan fingerprint density at radius 2 is 2.00 bits per heavy atom. The second-order valence-electron chi connectivity index (χ2n) is 4.58. The largest absolute Gasteiger partial charge is 0.476 e. The number of carbonyl (C=O) groups is 1. The summed E-state index contributed by atoms with van der Waals surface area (Å²) in [4.78, 5) is 16.2. The fourth-order valence-electron chi connectivity index (χ4n) is 2.04. The quantitative estimate of drug-likeness (QED) is 0.942. The molecule has 2 aromatic carbocycles. The molecule has 0 unspecified atom stereocenters. The van der Waals surface area contributed by atoms with Crippen LogP contribution in [-0.2, 0) is 4.74 Å². The maximum atomic E-state index is 13.1. The number of nitrogens with zero attached hydrogens (tertiary/aromatic N) is 1. The predicted octanol–water partition coefficient (Wildman–Crippen LogP) is 2.85. The molecule has 0 aromatic heterocycles. The Bertz CT molecular complexity index is 696. The van der Waals surface area contributed by atoms with Gasteiger partial charge >= 0.3 is 0 Å². The second-order valence-corrected chi connectivity index (χ2v) is 4.58. The Labute approximate surface area is 121 Å². The van der Waals surface area contributed by atoms with Crippen molar-refractivity contribution in [3.05, 3.63) is 65.5 Å². The van der Waals surface area contributed by atoms with Gasteiger partial charge in [-0.05, 0) is 42.5 Å². The fraction of sp³-hybridized carbons (Fsp3) is 0.125. The SMILES string of the molecule is O=C(Nc1ccc(C2=NCCO2)cc1)c1cccc(F)c1. The molecule has 0 atom stereocenters. The summed E-state index contributed by atoms with van der Waals surface area (Å²) >= 11 is 0. The Kier molecular flexibility index (Phi) is 3.64. The van der Waals surface area contributed by atoms with Crippen LogP contribution in [0.1, 0.15) is 15.9 Å². The molecule has 0 saturated carbocycles. The van der Waals surface area contributed by atoms with Crippen LogP contribution in [0.15, 0.2) is 53.5 Å². The van der Waals surface area contributed by atoms with Crippen molar-refractivity contribution in [2.24, 2.45) is 4.99 Å². The molecular formula is C16H13FN2O2. The molecule has 0 spiro atoms. The Hall–Kier alpha value is -2.69. The lowest BCUT2D eigenvalue weighted by atomic mass is 10.1. The van der Waals surface area contributed by atoms with Crippen LogP contribution < -0.4 is 5.32 Å². The average Bonchev–Trinajstić information content (AvgIpc) is 3.02. The Morgan fingerprint density at radius 1 is 1.19 bits per heavy atom. The first kappa shape index (κ1) is 13.3. The summed E-state index contributed by atoms with van der Waals surface area (Å²) in [5.41, 5.74) is 1.78. The highest BCUT2D eigenvalue weighted by Crippen LogP contribution is 2.14. The average molecular weight is 284 g/mol. The van der Waals surface area contributed by atoms with E-state index in [4.69, 9.17) is 4.74 Å². The van der Waals surface area contributed by atoms with E-state index in [9.17, 15) is 9.18 Å². The number of ether oxygens (including phenoxy) is 1. The molecule has 0 fully saturated rings. The number of carbonyl (C=O) groups excluding carboxylic acids is 1. The van der Waals surface area contributed by atoms with Crippen LogP contribution in [0, 0.1) is 5.82 Å². The standard InChI is InChI=1S/C16H13FN2O2/c17-13-3-1-2-12(10-13)15(20)19-14-6-4-11(5-7-14)16-18-8-9-21-16/h1-7,10H,8-9H2,(H,19,20). The normalized spacial score (nSPS) is 13.5. The Balaban J connectivity index is 1.71. The molecule has 0 aliphatic carbocycles. The number of anilines is 1. The molecule has 4 nitrogen and oxygen atoms in total. The summed E-state index contributed by atoms with van der Waals surface area (Å²) in [6.07, 6.45) is 0. The van der Waals surface area contributed by atoms with Gasteiger partial charge in [-0.15, -0.1) is 0 Å². The van der Waals surface area contributed by atoms with Gasteiger partial charge in [-0.1, -0.05) is 6.07 Å². The van der Waals surface area contributed by atoms with Gasteiger partial charge in [0.2, 0.25) is 5.90 Å². The summed E-state index contributed by atoms with van der Waals surface area (Å²) in [5, 5.41) is 2.72. The number of aliphatic imine (C=N–C) groups is 1. The maximum absolute atomic E-state index is 13.1. The molecule has 2 aromatic rings. The molecule has 21 heavy (non-hydrogen) atoms. The van der Waals surface area contributed by atoms with Gasteiger partial charge in [0, 0.05) is 16.8 Å². The van der Waals surface area contributed by atoms with E-state index in [1.165, 1.54) is 18.2 Å². The van der Waals surface area contributed by atoms with Gasteiger partial charge in [-0.3, -0.25) is 4.79 Å². The van der Waals surface area contributed by atoms with Crippen LogP contribution in [0.4, 0.5) is 10.1 Å². The van der Waals surface area contributed by atoms with Gasteiger partial charge in [-0.2, -0.15) is 0 Å². The number of rotatable bonds is 3. The molecule has 0 bridgehead atoms. The minimum absolute atomic E-state index is 0.280. The molecule has 106 valence electrons. The highest BCUT2D eigenvalue weighted by Gasteiger charge is 2.11. The van der Waals surface area contributed by atoms with Crippen LogP contribution in [0.5, 0.6) is 0 Å². The molecule has 3 rings (SSSR count). The third-order valence-corrected chi connectivity index (χ3v) is 3.06. The van der Waals surface area contributed by atoms with E-state index in [0.29, 0.717) is 24.7 Å². The minimum atomic E-state index is -0.436. The third kappa shape index (κ3) is 3.08. The van der Waals surface area contributed by atoms with Gasteiger partial charge in [0.1, 0.15) is 12.4 Å². The number of nitrogens with one attached hydrogen (secondary N) is 1. The van der Waals surface area contributed by atoms with Crippen LogP contribution in [0.3, 0.4) is 0 Å². The number of benzene rings is 2. The summed E-state index contributed by atoms with van der Waals surface area (Å²) < 4.78 is 18.4. The van der Waals surface area contributed by atoms with Crippen LogP contribution in [0.2, 0.25) is 0 Å². The highest BCUT2D eigenvalue weighted by molar-refractivity contribution is 6.04. The van der Waals surface area contributed by atoms with E-state index < -0.39 is 5.82 Å². The van der Waals surface area contributed by atoms with Crippen molar-refractivity contribution in [2.75, 3.05) is 18.5 Å². The van der Waals surface area contributed by atoms with Crippen molar-refractivity contribution in [2.45, 2.75) is 0 Å². The molecule has 1 aliphatic heterocycles. The minimum Gasteiger partial charge on any atom is -0.476 e. The lowest BCUT2D eigenvalue weighted by Gasteiger charge is -2.07. The topological polar surface area (TPSA) is 50.7 Å².